The Kier molecular flexibility index (Phi) is 6.08. The normalized spacial score (nSPS) is 12.8. The fourth-order valence-electron chi connectivity index (χ4n) is 1.94. The Morgan fingerprint density at radius 3 is 1.84 bits per heavy atom. The van der Waals surface area contributed by atoms with Crippen molar-refractivity contribution in [2.45, 2.75) is 19.0 Å². The zero-order valence-electron chi connectivity index (χ0n) is 10.8. The van der Waals surface area contributed by atoms with Gasteiger partial charge in [0.25, 0.3) is 0 Å². The van der Waals surface area contributed by atoms with E-state index in [1.54, 1.807) is 0 Å². The standard InChI is InChI=1S/C16H16N2.ClH/c1-13(14-8-4-2-5-9-14)18-16(12-17)15-10-6-3-7-11-15;/h2-11,13,16,18H,1H3;1H. The highest BCUT2D eigenvalue weighted by atomic mass is 35.5. The van der Waals surface area contributed by atoms with Crippen molar-refractivity contribution in [1.29, 1.82) is 5.26 Å². The van der Waals surface area contributed by atoms with Crippen molar-refractivity contribution in [2.24, 2.45) is 0 Å². The van der Waals surface area contributed by atoms with Crippen molar-refractivity contribution >= 4 is 12.4 Å². The van der Waals surface area contributed by atoms with Gasteiger partial charge in [0.15, 0.2) is 0 Å². The summed E-state index contributed by atoms with van der Waals surface area (Å²) in [5, 5.41) is 12.6. The number of benzene rings is 2. The molecule has 3 heteroatoms. The molecule has 98 valence electrons. The highest BCUT2D eigenvalue weighted by Crippen LogP contribution is 2.18. The molecule has 0 bridgehead atoms. The molecule has 0 saturated carbocycles. The summed E-state index contributed by atoms with van der Waals surface area (Å²) >= 11 is 0. The van der Waals surface area contributed by atoms with Gasteiger partial charge in [0.1, 0.15) is 6.04 Å². The Hall–Kier alpha value is -1.82. The number of rotatable bonds is 4. The van der Waals surface area contributed by atoms with Crippen LogP contribution in [0.1, 0.15) is 30.1 Å². The van der Waals surface area contributed by atoms with Crippen LogP contribution in [0.2, 0.25) is 0 Å². The third-order valence-corrected chi connectivity index (χ3v) is 2.98. The summed E-state index contributed by atoms with van der Waals surface area (Å²) in [6.07, 6.45) is 0. The molecule has 0 saturated heterocycles. The van der Waals surface area contributed by atoms with E-state index in [1.807, 2.05) is 48.5 Å². The molecule has 2 rings (SSSR count). The van der Waals surface area contributed by atoms with Gasteiger partial charge in [-0.05, 0) is 18.1 Å². The number of hydrogen-bond acceptors (Lipinski definition) is 2. The maximum Gasteiger partial charge on any atom is 0.121 e. The average molecular weight is 273 g/mol. The Labute approximate surface area is 120 Å². The van der Waals surface area contributed by atoms with Crippen LogP contribution < -0.4 is 5.32 Å². The maximum atomic E-state index is 9.26. The molecule has 0 aromatic heterocycles. The van der Waals surface area contributed by atoms with Gasteiger partial charge in [-0.3, -0.25) is 5.32 Å². The Morgan fingerprint density at radius 2 is 1.37 bits per heavy atom. The highest BCUT2D eigenvalue weighted by molar-refractivity contribution is 5.85. The number of halogens is 1. The lowest BCUT2D eigenvalue weighted by Gasteiger charge is -2.18. The summed E-state index contributed by atoms with van der Waals surface area (Å²) in [7, 11) is 0. The van der Waals surface area contributed by atoms with Gasteiger partial charge in [-0.15, -0.1) is 12.4 Å². The smallest absolute Gasteiger partial charge is 0.121 e. The van der Waals surface area contributed by atoms with Crippen LogP contribution in [0.3, 0.4) is 0 Å². The molecule has 0 aliphatic rings. The van der Waals surface area contributed by atoms with E-state index in [2.05, 4.69) is 30.4 Å². The Bertz CT molecular complexity index is 519. The van der Waals surface area contributed by atoms with Gasteiger partial charge < -0.3 is 0 Å². The molecular formula is C16H17ClN2. The van der Waals surface area contributed by atoms with Gasteiger partial charge in [0, 0.05) is 6.04 Å². The van der Waals surface area contributed by atoms with Crippen LogP contribution in [0.5, 0.6) is 0 Å². The van der Waals surface area contributed by atoms with E-state index in [0.29, 0.717) is 0 Å². The molecule has 0 aliphatic heterocycles. The molecule has 0 fully saturated rings. The summed E-state index contributed by atoms with van der Waals surface area (Å²) in [5.41, 5.74) is 2.19. The van der Waals surface area contributed by atoms with Crippen LogP contribution in [0, 0.1) is 11.3 Å². The van der Waals surface area contributed by atoms with Crippen LogP contribution in [0.4, 0.5) is 0 Å². The molecule has 19 heavy (non-hydrogen) atoms. The average Bonchev–Trinajstić information content (AvgIpc) is 2.46. The molecule has 0 amide bonds. The fraction of sp³-hybridized carbons (Fsp3) is 0.188. The number of nitrogens with one attached hydrogen (secondary N) is 1. The largest absolute Gasteiger partial charge is 0.292 e. The summed E-state index contributed by atoms with van der Waals surface area (Å²) in [6.45, 7) is 2.07. The minimum atomic E-state index is -0.276. The summed E-state index contributed by atoms with van der Waals surface area (Å²) < 4.78 is 0. The maximum absolute atomic E-state index is 9.26. The van der Waals surface area contributed by atoms with Crippen molar-refractivity contribution in [2.75, 3.05) is 0 Å². The minimum absolute atomic E-state index is 0. The van der Waals surface area contributed by atoms with Crippen molar-refractivity contribution in [3.63, 3.8) is 0 Å². The van der Waals surface area contributed by atoms with E-state index in [-0.39, 0.29) is 24.5 Å². The number of nitrogens with zero attached hydrogens (tertiary/aromatic N) is 1. The minimum Gasteiger partial charge on any atom is -0.292 e. The second-order valence-corrected chi connectivity index (χ2v) is 4.27. The van der Waals surface area contributed by atoms with Crippen LogP contribution in [0.25, 0.3) is 0 Å². The lowest BCUT2D eigenvalue weighted by Crippen LogP contribution is -2.23. The summed E-state index contributed by atoms with van der Waals surface area (Å²) in [5.74, 6) is 0. The molecule has 0 radical (unpaired) electrons. The lowest BCUT2D eigenvalue weighted by molar-refractivity contribution is 0.533. The van der Waals surface area contributed by atoms with E-state index in [0.717, 1.165) is 5.56 Å². The van der Waals surface area contributed by atoms with Crippen LogP contribution in [0.15, 0.2) is 60.7 Å². The zero-order valence-corrected chi connectivity index (χ0v) is 11.6. The third-order valence-electron chi connectivity index (χ3n) is 2.98. The molecule has 2 unspecified atom stereocenters. The van der Waals surface area contributed by atoms with E-state index >= 15 is 0 Å². The SMILES string of the molecule is CC(NC(C#N)c1ccccc1)c1ccccc1.Cl. The molecule has 2 atom stereocenters. The van der Waals surface area contributed by atoms with Gasteiger partial charge in [0.2, 0.25) is 0 Å². The summed E-state index contributed by atoms with van der Waals surface area (Å²) in [6, 6.07) is 22.1. The molecule has 0 spiro atoms. The summed E-state index contributed by atoms with van der Waals surface area (Å²) in [4.78, 5) is 0. The first-order chi connectivity index (χ1) is 8.81. The van der Waals surface area contributed by atoms with Gasteiger partial charge >= 0.3 is 0 Å². The molecule has 0 heterocycles. The molecule has 0 aliphatic carbocycles. The first kappa shape index (κ1) is 15.2. The first-order valence-corrected chi connectivity index (χ1v) is 6.07. The zero-order chi connectivity index (χ0) is 12.8. The number of hydrogen-bond donors (Lipinski definition) is 1. The van der Waals surface area contributed by atoms with Gasteiger partial charge in [-0.25, -0.2) is 0 Å². The van der Waals surface area contributed by atoms with Gasteiger partial charge in [0.05, 0.1) is 6.07 Å². The predicted octanol–water partition coefficient (Wildman–Crippen LogP) is 4.02. The fourth-order valence-corrected chi connectivity index (χ4v) is 1.94. The van der Waals surface area contributed by atoms with Crippen molar-refractivity contribution in [3.05, 3.63) is 71.8 Å². The number of nitriles is 1. The Morgan fingerprint density at radius 1 is 0.895 bits per heavy atom. The van der Waals surface area contributed by atoms with Crippen LogP contribution in [-0.2, 0) is 0 Å². The van der Waals surface area contributed by atoms with E-state index in [4.69, 9.17) is 0 Å². The van der Waals surface area contributed by atoms with Gasteiger partial charge in [-0.2, -0.15) is 5.26 Å². The van der Waals surface area contributed by atoms with Crippen LogP contribution in [-0.4, -0.2) is 0 Å². The monoisotopic (exact) mass is 272 g/mol. The molecule has 2 nitrogen and oxygen atoms in total. The molecule has 1 N–H and O–H groups in total. The quantitative estimate of drug-likeness (QED) is 0.912. The van der Waals surface area contributed by atoms with E-state index in [1.165, 1.54) is 5.56 Å². The lowest BCUT2D eigenvalue weighted by atomic mass is 10.0. The van der Waals surface area contributed by atoms with E-state index < -0.39 is 0 Å². The second-order valence-electron chi connectivity index (χ2n) is 4.27. The Balaban J connectivity index is 0.00000180. The first-order valence-electron chi connectivity index (χ1n) is 6.07. The second kappa shape index (κ2) is 7.58. The molecule has 2 aromatic rings. The highest BCUT2D eigenvalue weighted by Gasteiger charge is 2.13. The molecule has 2 aromatic carbocycles. The third kappa shape index (κ3) is 4.10. The predicted molar refractivity (Wildman–Crippen MR) is 80.0 cm³/mol. The van der Waals surface area contributed by atoms with Crippen molar-refractivity contribution in [3.8, 4) is 6.07 Å². The van der Waals surface area contributed by atoms with E-state index in [9.17, 15) is 5.26 Å². The molecular weight excluding hydrogens is 256 g/mol. The van der Waals surface area contributed by atoms with Crippen molar-refractivity contribution in [1.82, 2.24) is 5.32 Å². The van der Waals surface area contributed by atoms with Crippen molar-refractivity contribution < 1.29 is 0 Å². The van der Waals surface area contributed by atoms with Crippen LogP contribution >= 0.6 is 12.4 Å². The topological polar surface area (TPSA) is 35.8 Å². The van der Waals surface area contributed by atoms with Gasteiger partial charge in [-0.1, -0.05) is 60.7 Å².